The second-order valence-electron chi connectivity index (χ2n) is 3.66. The summed E-state index contributed by atoms with van der Waals surface area (Å²) in [4.78, 5) is 21.7. The highest BCUT2D eigenvalue weighted by Gasteiger charge is 2.05. The van der Waals surface area contributed by atoms with Crippen LogP contribution in [0.25, 0.3) is 0 Å². The monoisotopic (exact) mass is 280 g/mol. The van der Waals surface area contributed by atoms with Crippen LogP contribution in [0, 0.1) is 11.8 Å². The minimum absolute atomic E-state index is 0.00469. The maximum atomic E-state index is 11.1. The van der Waals surface area contributed by atoms with Crippen molar-refractivity contribution < 1.29 is 19.4 Å². The van der Waals surface area contributed by atoms with E-state index in [4.69, 9.17) is 21.4 Å². The molecule has 0 amide bonds. The van der Waals surface area contributed by atoms with Gasteiger partial charge < -0.3 is 9.84 Å². The van der Waals surface area contributed by atoms with Gasteiger partial charge in [0.1, 0.15) is 6.42 Å². The van der Waals surface area contributed by atoms with Gasteiger partial charge in [0.05, 0.1) is 13.0 Å². The van der Waals surface area contributed by atoms with Gasteiger partial charge in [-0.3, -0.25) is 9.59 Å². The van der Waals surface area contributed by atoms with Crippen molar-refractivity contribution in [1.82, 2.24) is 0 Å². The van der Waals surface area contributed by atoms with E-state index in [2.05, 4.69) is 11.8 Å². The third kappa shape index (κ3) is 5.45. The zero-order valence-corrected chi connectivity index (χ0v) is 11.2. The summed E-state index contributed by atoms with van der Waals surface area (Å²) >= 11 is 5.88. The molecule has 0 atom stereocenters. The molecule has 1 rings (SSSR count). The van der Waals surface area contributed by atoms with Gasteiger partial charge in [-0.05, 0) is 30.7 Å². The molecule has 1 N–H and O–H groups in total. The molecule has 19 heavy (non-hydrogen) atoms. The average Bonchev–Trinajstić information content (AvgIpc) is 2.33. The number of aliphatic carboxylic acids is 1. The van der Waals surface area contributed by atoms with Gasteiger partial charge in [-0.15, -0.1) is 0 Å². The molecule has 0 aliphatic rings. The lowest BCUT2D eigenvalue weighted by molar-refractivity contribution is -0.142. The van der Waals surface area contributed by atoms with Crippen LogP contribution in [0.2, 0.25) is 5.02 Å². The topological polar surface area (TPSA) is 63.6 Å². The fraction of sp³-hybridized carbons (Fsp3) is 0.286. The van der Waals surface area contributed by atoms with Crippen LogP contribution in [-0.4, -0.2) is 23.7 Å². The maximum absolute atomic E-state index is 11.1. The number of carbonyl (C=O) groups is 2. The highest BCUT2D eigenvalue weighted by atomic mass is 35.5. The van der Waals surface area contributed by atoms with E-state index in [9.17, 15) is 9.59 Å². The van der Waals surface area contributed by atoms with Crippen molar-refractivity contribution in [2.75, 3.05) is 6.61 Å². The number of halogens is 1. The van der Waals surface area contributed by atoms with Crippen molar-refractivity contribution in [2.45, 2.75) is 19.8 Å². The normalized spacial score (nSPS) is 9.37. The van der Waals surface area contributed by atoms with E-state index in [0.717, 1.165) is 0 Å². The lowest BCUT2D eigenvalue weighted by atomic mass is 10.1. The third-order valence-electron chi connectivity index (χ3n) is 2.16. The summed E-state index contributed by atoms with van der Waals surface area (Å²) in [5.74, 6) is 4.10. The Labute approximate surface area is 116 Å². The molecule has 0 saturated heterocycles. The zero-order chi connectivity index (χ0) is 14.3. The van der Waals surface area contributed by atoms with Crippen LogP contribution in [-0.2, 0) is 20.7 Å². The van der Waals surface area contributed by atoms with E-state index < -0.39 is 5.97 Å². The number of carbonyl (C=O) groups excluding carboxylic acids is 1. The van der Waals surface area contributed by atoms with Crippen molar-refractivity contribution in [3.63, 3.8) is 0 Å². The molecule has 4 nitrogen and oxygen atoms in total. The van der Waals surface area contributed by atoms with E-state index in [1.807, 2.05) is 0 Å². The van der Waals surface area contributed by atoms with Crippen molar-refractivity contribution in [2.24, 2.45) is 0 Å². The summed E-state index contributed by atoms with van der Waals surface area (Å²) in [5, 5.41) is 9.12. The van der Waals surface area contributed by atoms with Crippen LogP contribution in [0.15, 0.2) is 18.2 Å². The number of carboxylic acid groups (broad SMARTS) is 1. The van der Waals surface area contributed by atoms with Gasteiger partial charge in [0, 0.05) is 10.6 Å². The molecule has 0 unspecified atom stereocenters. The van der Waals surface area contributed by atoms with Gasteiger partial charge >= 0.3 is 11.9 Å². The first-order chi connectivity index (χ1) is 9.02. The van der Waals surface area contributed by atoms with Crippen molar-refractivity contribution in [3.8, 4) is 11.8 Å². The van der Waals surface area contributed by atoms with E-state index >= 15 is 0 Å². The summed E-state index contributed by atoms with van der Waals surface area (Å²) in [7, 11) is 0. The number of hydrogen-bond acceptors (Lipinski definition) is 3. The number of esters is 1. The Balaban J connectivity index is 2.77. The second kappa shape index (κ2) is 7.45. The Morgan fingerprint density at radius 1 is 1.42 bits per heavy atom. The average molecular weight is 281 g/mol. The van der Waals surface area contributed by atoms with E-state index in [1.165, 1.54) is 0 Å². The molecule has 0 aliphatic carbocycles. The van der Waals surface area contributed by atoms with E-state index in [1.54, 1.807) is 25.1 Å². The third-order valence-corrected chi connectivity index (χ3v) is 2.53. The number of benzene rings is 1. The summed E-state index contributed by atoms with van der Waals surface area (Å²) in [6, 6.07) is 4.87. The van der Waals surface area contributed by atoms with Crippen LogP contribution in [0.1, 0.15) is 24.5 Å². The number of hydrogen-bond donors (Lipinski definition) is 1. The molecule has 0 aliphatic heterocycles. The van der Waals surface area contributed by atoms with Crippen LogP contribution in [0.3, 0.4) is 0 Å². The fourth-order valence-electron chi connectivity index (χ4n) is 1.38. The first-order valence-corrected chi connectivity index (χ1v) is 6.05. The highest BCUT2D eigenvalue weighted by molar-refractivity contribution is 6.31. The number of carboxylic acids is 1. The summed E-state index contributed by atoms with van der Waals surface area (Å²) < 4.78 is 4.74. The molecule has 0 saturated carbocycles. The predicted molar refractivity (Wildman–Crippen MR) is 70.9 cm³/mol. The molecule has 0 spiro atoms. The summed E-state index contributed by atoms with van der Waals surface area (Å²) in [6.07, 6.45) is -0.156. The fourth-order valence-corrected chi connectivity index (χ4v) is 1.57. The Morgan fingerprint density at radius 2 is 2.16 bits per heavy atom. The molecule has 0 radical (unpaired) electrons. The molecule has 0 heterocycles. The molecular formula is C14H13ClO4. The Morgan fingerprint density at radius 3 is 2.79 bits per heavy atom. The summed E-state index contributed by atoms with van der Waals surface area (Å²) in [6.45, 7) is 2.05. The molecule has 5 heteroatoms. The molecule has 1 aromatic carbocycles. The minimum atomic E-state index is -0.960. The zero-order valence-electron chi connectivity index (χ0n) is 10.4. The van der Waals surface area contributed by atoms with Crippen LogP contribution >= 0.6 is 11.6 Å². The van der Waals surface area contributed by atoms with Crippen LogP contribution in [0.5, 0.6) is 0 Å². The molecular weight excluding hydrogens is 268 g/mol. The van der Waals surface area contributed by atoms with Crippen molar-refractivity contribution >= 4 is 23.5 Å². The molecule has 0 bridgehead atoms. The first-order valence-electron chi connectivity index (χ1n) is 5.67. The highest BCUT2D eigenvalue weighted by Crippen LogP contribution is 2.17. The van der Waals surface area contributed by atoms with Gasteiger partial charge in [-0.25, -0.2) is 0 Å². The first kappa shape index (κ1) is 15.1. The van der Waals surface area contributed by atoms with Crippen LogP contribution in [0.4, 0.5) is 0 Å². The smallest absolute Gasteiger partial charge is 0.317 e. The second-order valence-corrected chi connectivity index (χ2v) is 4.07. The van der Waals surface area contributed by atoms with Gasteiger partial charge in [-0.2, -0.15) is 0 Å². The summed E-state index contributed by atoms with van der Waals surface area (Å²) in [5.41, 5.74) is 1.11. The quantitative estimate of drug-likeness (QED) is 0.679. The Hall–Kier alpha value is -1.99. The van der Waals surface area contributed by atoms with E-state index in [0.29, 0.717) is 22.8 Å². The number of ether oxygens (including phenoxy) is 1. The molecule has 0 aromatic heterocycles. The lowest BCUT2D eigenvalue weighted by Crippen LogP contribution is -2.02. The van der Waals surface area contributed by atoms with Gasteiger partial charge in [-0.1, -0.05) is 23.4 Å². The van der Waals surface area contributed by atoms with Crippen LogP contribution < -0.4 is 0 Å². The largest absolute Gasteiger partial charge is 0.481 e. The lowest BCUT2D eigenvalue weighted by Gasteiger charge is -2.01. The number of rotatable bonds is 4. The molecule has 1 aromatic rings. The van der Waals surface area contributed by atoms with E-state index in [-0.39, 0.29) is 18.8 Å². The SMILES string of the molecule is CCOC(=O)CC#Cc1ccc(Cl)c(CC(=O)O)c1. The predicted octanol–water partition coefficient (Wildman–Crippen LogP) is 2.27. The maximum Gasteiger partial charge on any atom is 0.317 e. The van der Waals surface area contributed by atoms with Crippen molar-refractivity contribution in [3.05, 3.63) is 34.3 Å². The molecule has 100 valence electrons. The standard InChI is InChI=1S/C14H13ClO4/c1-2-19-14(18)5-3-4-10-6-7-12(15)11(8-10)9-13(16)17/h6-8H,2,5,9H2,1H3,(H,16,17). The van der Waals surface area contributed by atoms with Gasteiger partial charge in [0.2, 0.25) is 0 Å². The minimum Gasteiger partial charge on any atom is -0.481 e. The van der Waals surface area contributed by atoms with Gasteiger partial charge in [0.15, 0.2) is 0 Å². The Kier molecular flexibility index (Phi) is 5.91. The van der Waals surface area contributed by atoms with Crippen molar-refractivity contribution in [1.29, 1.82) is 0 Å². The molecule has 0 fully saturated rings. The van der Waals surface area contributed by atoms with Gasteiger partial charge in [0.25, 0.3) is 0 Å². The Bertz CT molecular complexity index is 540.